The lowest BCUT2D eigenvalue weighted by Crippen LogP contribution is -2.16. The summed E-state index contributed by atoms with van der Waals surface area (Å²) < 4.78 is 0. The summed E-state index contributed by atoms with van der Waals surface area (Å²) in [6.07, 6.45) is 0.575. The minimum absolute atomic E-state index is 0.0993. The van der Waals surface area contributed by atoms with Crippen LogP contribution in [0.2, 0.25) is 5.02 Å². The maximum atomic E-state index is 12.5. The van der Waals surface area contributed by atoms with Crippen molar-refractivity contribution >= 4 is 57.1 Å². The van der Waals surface area contributed by atoms with Crippen molar-refractivity contribution in [2.75, 3.05) is 11.1 Å². The van der Waals surface area contributed by atoms with Crippen LogP contribution in [-0.2, 0) is 4.79 Å². The lowest BCUT2D eigenvalue weighted by molar-refractivity contribution is -0.113. The van der Waals surface area contributed by atoms with E-state index in [-0.39, 0.29) is 11.7 Å². The molecule has 3 aromatic rings. The number of aliphatic imine (C=N–C) groups is 2. The third-order valence-electron chi connectivity index (χ3n) is 5.00. The van der Waals surface area contributed by atoms with Gasteiger partial charge in [-0.25, -0.2) is 4.99 Å². The van der Waals surface area contributed by atoms with Gasteiger partial charge in [0.15, 0.2) is 0 Å². The van der Waals surface area contributed by atoms with E-state index >= 15 is 0 Å². The van der Waals surface area contributed by atoms with Gasteiger partial charge in [0.05, 0.1) is 27.9 Å². The third kappa shape index (κ3) is 5.43. The molecule has 4 nitrogen and oxygen atoms in total. The molecule has 0 bridgehead atoms. The van der Waals surface area contributed by atoms with Crippen LogP contribution in [-0.4, -0.2) is 22.4 Å². The highest BCUT2D eigenvalue weighted by atomic mass is 35.5. The molecular formula is C25H22ClN3OS. The number of benzene rings is 3. The number of hydrogen-bond donors (Lipinski definition) is 1. The van der Waals surface area contributed by atoms with E-state index in [4.69, 9.17) is 21.6 Å². The van der Waals surface area contributed by atoms with Gasteiger partial charge in [-0.05, 0) is 60.9 Å². The number of aryl methyl sites for hydroxylation is 2. The molecule has 6 heteroatoms. The molecule has 0 fully saturated rings. The lowest BCUT2D eigenvalue weighted by Gasteiger charge is -2.08. The Bertz CT molecular complexity index is 1190. The van der Waals surface area contributed by atoms with Crippen molar-refractivity contribution < 1.29 is 4.79 Å². The van der Waals surface area contributed by atoms with Gasteiger partial charge in [-0.2, -0.15) is 0 Å². The first-order chi connectivity index (χ1) is 15.0. The van der Waals surface area contributed by atoms with Gasteiger partial charge in [0.1, 0.15) is 0 Å². The zero-order valence-corrected chi connectivity index (χ0v) is 18.9. The predicted octanol–water partition coefficient (Wildman–Crippen LogP) is 6.88. The number of carbonyl (C=O) groups excluding carboxylic acids is 1. The molecule has 0 aliphatic carbocycles. The summed E-state index contributed by atoms with van der Waals surface area (Å²) in [5.41, 5.74) is 6.75. The number of fused-ring (bicyclic) bond motifs is 1. The molecule has 3 aromatic carbocycles. The summed E-state index contributed by atoms with van der Waals surface area (Å²) in [6, 6.07) is 21.4. The first-order valence-corrected chi connectivity index (χ1v) is 11.3. The molecule has 156 valence electrons. The van der Waals surface area contributed by atoms with Crippen molar-refractivity contribution in [2.24, 2.45) is 9.98 Å². The summed E-state index contributed by atoms with van der Waals surface area (Å²) in [7, 11) is 0. The second-order valence-corrected chi connectivity index (χ2v) is 8.86. The van der Waals surface area contributed by atoms with Gasteiger partial charge in [-0.3, -0.25) is 9.79 Å². The van der Waals surface area contributed by atoms with Crippen LogP contribution < -0.4 is 5.32 Å². The fraction of sp³-hybridized carbons (Fsp3) is 0.160. The van der Waals surface area contributed by atoms with E-state index in [0.717, 1.165) is 27.7 Å². The molecule has 0 aromatic heterocycles. The van der Waals surface area contributed by atoms with Gasteiger partial charge in [0.2, 0.25) is 5.91 Å². The van der Waals surface area contributed by atoms with Crippen LogP contribution in [0.3, 0.4) is 0 Å². The Balaban J connectivity index is 1.57. The van der Waals surface area contributed by atoms with E-state index in [0.29, 0.717) is 17.1 Å². The molecule has 0 radical (unpaired) electrons. The van der Waals surface area contributed by atoms with Crippen LogP contribution in [0.15, 0.2) is 76.7 Å². The minimum atomic E-state index is -0.0993. The topological polar surface area (TPSA) is 53.8 Å². The summed E-state index contributed by atoms with van der Waals surface area (Å²) in [4.78, 5) is 22.3. The van der Waals surface area contributed by atoms with Gasteiger partial charge in [-0.15, -0.1) is 11.8 Å². The third-order valence-corrected chi connectivity index (χ3v) is 6.21. The van der Waals surface area contributed by atoms with Crippen molar-refractivity contribution in [1.29, 1.82) is 0 Å². The summed E-state index contributed by atoms with van der Waals surface area (Å²) in [5, 5.41) is 4.34. The normalized spacial score (nSPS) is 13.0. The smallest absolute Gasteiger partial charge is 0.234 e. The van der Waals surface area contributed by atoms with E-state index in [2.05, 4.69) is 43.4 Å². The molecule has 0 atom stereocenters. The van der Waals surface area contributed by atoms with E-state index in [1.165, 1.54) is 22.9 Å². The van der Waals surface area contributed by atoms with Crippen molar-refractivity contribution in [2.45, 2.75) is 20.3 Å². The first kappa shape index (κ1) is 21.3. The predicted molar refractivity (Wildman–Crippen MR) is 133 cm³/mol. The van der Waals surface area contributed by atoms with Crippen LogP contribution in [0.5, 0.6) is 0 Å². The van der Waals surface area contributed by atoms with Crippen molar-refractivity contribution in [3.05, 3.63) is 88.4 Å². The molecule has 0 unspecified atom stereocenters. The van der Waals surface area contributed by atoms with Crippen LogP contribution in [0.25, 0.3) is 0 Å². The monoisotopic (exact) mass is 447 g/mol. The van der Waals surface area contributed by atoms with Crippen LogP contribution >= 0.6 is 23.4 Å². The number of thioether (sulfide) groups is 1. The Morgan fingerprint density at radius 3 is 2.39 bits per heavy atom. The molecule has 4 rings (SSSR count). The van der Waals surface area contributed by atoms with Crippen LogP contribution in [0.1, 0.15) is 23.1 Å². The molecule has 1 N–H and O–H groups in total. The van der Waals surface area contributed by atoms with E-state index < -0.39 is 0 Å². The molecular weight excluding hydrogens is 426 g/mol. The maximum absolute atomic E-state index is 12.5. The number of carbonyl (C=O) groups is 1. The van der Waals surface area contributed by atoms with Gasteiger partial charge in [-0.1, -0.05) is 48.0 Å². The lowest BCUT2D eigenvalue weighted by atomic mass is 10.1. The number of rotatable bonds is 4. The second kappa shape index (κ2) is 9.50. The quantitative estimate of drug-likeness (QED) is 0.473. The number of nitrogens with zero attached hydrogens (tertiary/aromatic N) is 2. The van der Waals surface area contributed by atoms with Gasteiger partial charge < -0.3 is 5.32 Å². The standard InChI is InChI=1S/C25H22ClN3OS/c1-16-11-22-23(12-17(16)2)29-25(14-21(28-22)18-7-4-3-5-8-18)31-15-24(30)27-20-10-6-9-19(26)13-20/h3-13H,14-15H2,1-2H3,(H,27,30). The molecule has 1 heterocycles. The average Bonchev–Trinajstić information content (AvgIpc) is 2.92. The van der Waals surface area contributed by atoms with Crippen molar-refractivity contribution in [3.8, 4) is 0 Å². The van der Waals surface area contributed by atoms with Crippen LogP contribution in [0.4, 0.5) is 17.1 Å². The fourth-order valence-electron chi connectivity index (χ4n) is 3.26. The Kier molecular flexibility index (Phi) is 6.54. The summed E-state index contributed by atoms with van der Waals surface area (Å²) >= 11 is 7.44. The first-order valence-electron chi connectivity index (χ1n) is 9.98. The molecule has 1 aliphatic heterocycles. The molecule has 0 saturated heterocycles. The number of nitrogens with one attached hydrogen (secondary N) is 1. The molecule has 0 spiro atoms. The number of amides is 1. The fourth-order valence-corrected chi connectivity index (χ4v) is 4.22. The Morgan fingerprint density at radius 1 is 0.968 bits per heavy atom. The van der Waals surface area contributed by atoms with Gasteiger partial charge in [0.25, 0.3) is 0 Å². The zero-order valence-electron chi connectivity index (χ0n) is 17.4. The molecule has 1 amide bonds. The Morgan fingerprint density at radius 2 is 1.68 bits per heavy atom. The zero-order chi connectivity index (χ0) is 21.8. The summed E-state index contributed by atoms with van der Waals surface area (Å²) in [6.45, 7) is 4.15. The largest absolute Gasteiger partial charge is 0.325 e. The Hall–Kier alpha value is -2.89. The van der Waals surface area contributed by atoms with Gasteiger partial charge in [0, 0.05) is 17.1 Å². The van der Waals surface area contributed by atoms with E-state index in [9.17, 15) is 4.79 Å². The molecule has 1 aliphatic rings. The minimum Gasteiger partial charge on any atom is -0.325 e. The highest BCUT2D eigenvalue weighted by Crippen LogP contribution is 2.36. The highest BCUT2D eigenvalue weighted by Gasteiger charge is 2.17. The number of hydrogen-bond acceptors (Lipinski definition) is 4. The van der Waals surface area contributed by atoms with E-state index in [1.807, 2.05) is 30.3 Å². The van der Waals surface area contributed by atoms with E-state index in [1.54, 1.807) is 12.1 Å². The Labute approximate surface area is 191 Å². The van der Waals surface area contributed by atoms with Crippen LogP contribution in [0, 0.1) is 13.8 Å². The molecule has 31 heavy (non-hydrogen) atoms. The SMILES string of the molecule is Cc1cc2c(cc1C)N=C(c1ccccc1)CC(SCC(=O)Nc1cccc(Cl)c1)=N2. The van der Waals surface area contributed by atoms with Gasteiger partial charge >= 0.3 is 0 Å². The maximum Gasteiger partial charge on any atom is 0.234 e. The average molecular weight is 448 g/mol. The van der Waals surface area contributed by atoms with Crippen molar-refractivity contribution in [3.63, 3.8) is 0 Å². The number of anilines is 1. The number of halogens is 1. The van der Waals surface area contributed by atoms with Crippen molar-refractivity contribution in [1.82, 2.24) is 0 Å². The molecule has 0 saturated carbocycles. The highest BCUT2D eigenvalue weighted by molar-refractivity contribution is 8.14. The second-order valence-electron chi connectivity index (χ2n) is 7.38. The summed E-state index contributed by atoms with van der Waals surface area (Å²) in [5.74, 6) is 0.158.